The lowest BCUT2D eigenvalue weighted by molar-refractivity contribution is 0.0997. The molecule has 0 atom stereocenters. The largest absolute Gasteiger partial charge is 0.399 e. The molecule has 1 aliphatic rings. The Morgan fingerprint density at radius 3 is 2.89 bits per heavy atom. The van der Waals surface area contributed by atoms with Crippen LogP contribution in [0.15, 0.2) is 30.3 Å². The Kier molecular flexibility index (Phi) is 3.03. The van der Waals surface area contributed by atoms with Gasteiger partial charge in [-0.1, -0.05) is 6.07 Å². The molecular formula is C15H16N2OS. The zero-order chi connectivity index (χ0) is 13.4. The lowest BCUT2D eigenvalue weighted by atomic mass is 10.2. The van der Waals surface area contributed by atoms with Crippen molar-refractivity contribution in [2.45, 2.75) is 19.3 Å². The van der Waals surface area contributed by atoms with E-state index < -0.39 is 0 Å². The van der Waals surface area contributed by atoms with Crippen molar-refractivity contribution in [3.05, 3.63) is 45.6 Å². The van der Waals surface area contributed by atoms with E-state index in [1.807, 2.05) is 24.3 Å². The van der Waals surface area contributed by atoms with Crippen molar-refractivity contribution in [1.82, 2.24) is 0 Å². The van der Waals surface area contributed by atoms with Crippen molar-refractivity contribution >= 4 is 28.6 Å². The molecule has 98 valence electrons. The number of thiophene rings is 1. The number of carbonyl (C=O) groups is 1. The molecule has 1 aromatic carbocycles. The summed E-state index contributed by atoms with van der Waals surface area (Å²) < 4.78 is 0. The normalized spacial score (nSPS) is 13.3. The molecule has 0 unspecified atom stereocenters. The summed E-state index contributed by atoms with van der Waals surface area (Å²) in [5, 5.41) is 0. The molecule has 0 saturated carbocycles. The van der Waals surface area contributed by atoms with Crippen LogP contribution in [0.4, 0.5) is 11.4 Å². The van der Waals surface area contributed by atoms with Crippen molar-refractivity contribution < 1.29 is 4.79 Å². The van der Waals surface area contributed by atoms with E-state index in [0.717, 1.165) is 23.4 Å². The van der Waals surface area contributed by atoms with Gasteiger partial charge in [-0.2, -0.15) is 0 Å². The highest BCUT2D eigenvalue weighted by Crippen LogP contribution is 2.31. The van der Waals surface area contributed by atoms with Crippen LogP contribution in [0.3, 0.4) is 0 Å². The molecule has 3 nitrogen and oxygen atoms in total. The number of amides is 1. The van der Waals surface area contributed by atoms with Gasteiger partial charge in [0, 0.05) is 23.3 Å². The van der Waals surface area contributed by atoms with Crippen LogP contribution in [0.2, 0.25) is 0 Å². The van der Waals surface area contributed by atoms with Crippen molar-refractivity contribution in [3.63, 3.8) is 0 Å². The Morgan fingerprint density at radius 1 is 1.32 bits per heavy atom. The molecule has 0 spiro atoms. The maximum atomic E-state index is 12.5. The maximum absolute atomic E-state index is 12.5. The molecule has 0 radical (unpaired) electrons. The molecule has 2 N–H and O–H groups in total. The first-order chi connectivity index (χ1) is 9.15. The number of fused-ring (bicyclic) bond motifs is 1. The maximum Gasteiger partial charge on any atom is 0.268 e. The average Bonchev–Trinajstić information content (AvgIpc) is 2.97. The zero-order valence-electron chi connectivity index (χ0n) is 10.8. The van der Waals surface area contributed by atoms with Gasteiger partial charge in [-0.05, 0) is 49.1 Å². The van der Waals surface area contributed by atoms with Crippen molar-refractivity contribution in [2.24, 2.45) is 0 Å². The van der Waals surface area contributed by atoms with Gasteiger partial charge in [0.05, 0.1) is 4.88 Å². The van der Waals surface area contributed by atoms with Gasteiger partial charge in [-0.25, -0.2) is 0 Å². The minimum absolute atomic E-state index is 0.0463. The summed E-state index contributed by atoms with van der Waals surface area (Å²) >= 11 is 1.63. The molecule has 0 aliphatic heterocycles. The van der Waals surface area contributed by atoms with Gasteiger partial charge in [-0.3, -0.25) is 4.79 Å². The summed E-state index contributed by atoms with van der Waals surface area (Å²) in [6.07, 6.45) is 3.46. The molecule has 0 bridgehead atoms. The van der Waals surface area contributed by atoms with Crippen LogP contribution in [-0.2, 0) is 12.8 Å². The van der Waals surface area contributed by atoms with Crippen LogP contribution in [0, 0.1) is 0 Å². The third-order valence-corrected chi connectivity index (χ3v) is 4.74. The molecular weight excluding hydrogens is 256 g/mol. The SMILES string of the molecule is CN(C(=O)c1cc2c(s1)CCC2)c1cccc(N)c1. The fraction of sp³-hybridized carbons (Fsp3) is 0.267. The molecule has 1 aromatic heterocycles. The number of hydrogen-bond donors (Lipinski definition) is 1. The van der Waals surface area contributed by atoms with Gasteiger partial charge >= 0.3 is 0 Å². The predicted octanol–water partition coefficient (Wildman–Crippen LogP) is 3.10. The topological polar surface area (TPSA) is 46.3 Å². The molecule has 1 heterocycles. The van der Waals surface area contributed by atoms with Crippen molar-refractivity contribution in [2.75, 3.05) is 17.7 Å². The molecule has 4 heteroatoms. The van der Waals surface area contributed by atoms with E-state index in [1.165, 1.54) is 16.9 Å². The van der Waals surface area contributed by atoms with Crippen LogP contribution in [0.5, 0.6) is 0 Å². The van der Waals surface area contributed by atoms with Crippen LogP contribution in [-0.4, -0.2) is 13.0 Å². The summed E-state index contributed by atoms with van der Waals surface area (Å²) in [5.41, 5.74) is 8.62. The zero-order valence-corrected chi connectivity index (χ0v) is 11.7. The number of rotatable bonds is 2. The summed E-state index contributed by atoms with van der Waals surface area (Å²) in [7, 11) is 1.79. The quantitative estimate of drug-likeness (QED) is 0.854. The lowest BCUT2D eigenvalue weighted by Gasteiger charge is -2.16. The second kappa shape index (κ2) is 4.70. The van der Waals surface area contributed by atoms with Crippen molar-refractivity contribution in [1.29, 1.82) is 0 Å². The van der Waals surface area contributed by atoms with Gasteiger partial charge < -0.3 is 10.6 Å². The fourth-order valence-corrected chi connectivity index (χ4v) is 3.68. The number of carbonyl (C=O) groups excluding carboxylic acids is 1. The summed E-state index contributed by atoms with van der Waals surface area (Å²) in [5.74, 6) is 0.0463. The third kappa shape index (κ3) is 2.24. The van der Waals surface area contributed by atoms with Gasteiger partial charge in [-0.15, -0.1) is 11.3 Å². The minimum Gasteiger partial charge on any atom is -0.399 e. The van der Waals surface area contributed by atoms with Gasteiger partial charge in [0.2, 0.25) is 0 Å². The monoisotopic (exact) mass is 272 g/mol. The van der Waals surface area contributed by atoms with Crippen LogP contribution in [0.1, 0.15) is 26.5 Å². The summed E-state index contributed by atoms with van der Waals surface area (Å²) in [6.45, 7) is 0. The Bertz CT molecular complexity index is 611. The van der Waals surface area contributed by atoms with E-state index in [-0.39, 0.29) is 5.91 Å². The first-order valence-corrected chi connectivity index (χ1v) is 7.22. The predicted molar refractivity (Wildman–Crippen MR) is 79.9 cm³/mol. The van der Waals surface area contributed by atoms with Crippen LogP contribution >= 0.6 is 11.3 Å². The number of nitrogen functional groups attached to an aromatic ring is 1. The highest BCUT2D eigenvalue weighted by atomic mass is 32.1. The Morgan fingerprint density at radius 2 is 2.16 bits per heavy atom. The number of hydrogen-bond acceptors (Lipinski definition) is 3. The highest BCUT2D eigenvalue weighted by Gasteiger charge is 2.21. The number of benzene rings is 1. The lowest BCUT2D eigenvalue weighted by Crippen LogP contribution is -2.25. The summed E-state index contributed by atoms with van der Waals surface area (Å²) in [4.78, 5) is 16.3. The van der Waals surface area contributed by atoms with E-state index in [2.05, 4.69) is 6.07 Å². The number of nitrogens with two attached hydrogens (primary N) is 1. The number of nitrogens with zero attached hydrogens (tertiary/aromatic N) is 1. The number of anilines is 2. The molecule has 1 amide bonds. The Hall–Kier alpha value is -1.81. The molecule has 0 fully saturated rings. The van der Waals surface area contributed by atoms with Crippen LogP contribution in [0.25, 0.3) is 0 Å². The van der Waals surface area contributed by atoms with Gasteiger partial charge in [0.1, 0.15) is 0 Å². The van der Waals surface area contributed by atoms with Gasteiger partial charge in [0.25, 0.3) is 5.91 Å². The molecule has 3 rings (SSSR count). The van der Waals surface area contributed by atoms with E-state index in [9.17, 15) is 4.79 Å². The van der Waals surface area contributed by atoms with Gasteiger partial charge in [0.15, 0.2) is 0 Å². The molecule has 2 aromatic rings. The van der Waals surface area contributed by atoms with E-state index in [1.54, 1.807) is 23.3 Å². The standard InChI is InChI=1S/C15H16N2OS/c1-17(12-6-3-5-11(16)9-12)15(18)14-8-10-4-2-7-13(10)19-14/h3,5-6,8-9H,2,4,7,16H2,1H3. The Balaban J connectivity index is 1.86. The molecule has 0 saturated heterocycles. The minimum atomic E-state index is 0.0463. The first-order valence-electron chi connectivity index (χ1n) is 6.40. The fourth-order valence-electron chi connectivity index (χ4n) is 2.45. The second-order valence-electron chi connectivity index (χ2n) is 4.87. The van der Waals surface area contributed by atoms with E-state index in [4.69, 9.17) is 5.73 Å². The molecule has 1 aliphatic carbocycles. The molecule has 19 heavy (non-hydrogen) atoms. The van der Waals surface area contributed by atoms with Crippen molar-refractivity contribution in [3.8, 4) is 0 Å². The first kappa shape index (κ1) is 12.2. The smallest absolute Gasteiger partial charge is 0.268 e. The summed E-state index contributed by atoms with van der Waals surface area (Å²) in [6, 6.07) is 9.46. The van der Waals surface area contributed by atoms with E-state index >= 15 is 0 Å². The average molecular weight is 272 g/mol. The van der Waals surface area contributed by atoms with Crippen LogP contribution < -0.4 is 10.6 Å². The number of aryl methyl sites for hydroxylation is 2. The van der Waals surface area contributed by atoms with E-state index in [0.29, 0.717) is 5.69 Å². The Labute approximate surface area is 116 Å². The second-order valence-corrected chi connectivity index (χ2v) is 6.01. The third-order valence-electron chi connectivity index (χ3n) is 3.52. The highest BCUT2D eigenvalue weighted by molar-refractivity contribution is 7.14.